The van der Waals surface area contributed by atoms with E-state index in [0.717, 1.165) is 31.0 Å². The maximum absolute atomic E-state index is 9.06. The minimum Gasteiger partial charge on any atom is -0.394 e. The summed E-state index contributed by atoms with van der Waals surface area (Å²) in [5.41, 5.74) is 4.41. The van der Waals surface area contributed by atoms with E-state index in [4.69, 9.17) is 15.7 Å². The Morgan fingerprint density at radius 2 is 2.53 bits per heavy atom. The number of rotatable bonds is 4. The van der Waals surface area contributed by atoms with Gasteiger partial charge in [0, 0.05) is 25.8 Å². The molecule has 1 unspecified atom stereocenters. The van der Waals surface area contributed by atoms with Gasteiger partial charge in [-0.25, -0.2) is 0 Å². The van der Waals surface area contributed by atoms with Crippen molar-refractivity contribution in [3.05, 3.63) is 24.0 Å². The minimum absolute atomic E-state index is 0.0638. The smallest absolute Gasteiger partial charge is 0.0933 e. The zero-order chi connectivity index (χ0) is 12.1. The van der Waals surface area contributed by atoms with Gasteiger partial charge < -0.3 is 15.3 Å². The highest BCUT2D eigenvalue weighted by Crippen LogP contribution is 2.11. The number of nitrogens with one attached hydrogen (secondary N) is 1. The molecule has 1 aliphatic rings. The number of hydrazine groups is 1. The van der Waals surface area contributed by atoms with Crippen molar-refractivity contribution in [2.24, 2.45) is 5.84 Å². The van der Waals surface area contributed by atoms with Crippen LogP contribution in [0.4, 0.5) is 5.69 Å². The SMILES string of the molecule is NNc1ccnc(CN2CCOC(CO)C2)c1. The first kappa shape index (κ1) is 12.3. The fourth-order valence-corrected chi connectivity index (χ4v) is 1.92. The standard InChI is InChI=1S/C11H18N4O2/c12-14-9-1-2-13-10(5-9)6-15-3-4-17-11(7-15)8-16/h1-2,5,11,16H,3-4,6-8,12H2,(H,13,14). The Hall–Kier alpha value is -1.21. The predicted octanol–water partition coefficient (Wildman–Crippen LogP) is -0.440. The third kappa shape index (κ3) is 3.37. The summed E-state index contributed by atoms with van der Waals surface area (Å²) in [6.45, 7) is 3.06. The Balaban J connectivity index is 1.95. The van der Waals surface area contributed by atoms with Crippen LogP contribution in [0.3, 0.4) is 0 Å². The highest BCUT2D eigenvalue weighted by atomic mass is 16.5. The zero-order valence-electron chi connectivity index (χ0n) is 9.67. The molecule has 1 atom stereocenters. The summed E-state index contributed by atoms with van der Waals surface area (Å²) in [6.07, 6.45) is 1.65. The highest BCUT2D eigenvalue weighted by molar-refractivity contribution is 5.41. The van der Waals surface area contributed by atoms with Gasteiger partial charge in [0.05, 0.1) is 30.7 Å². The van der Waals surface area contributed by atoms with Crippen LogP contribution < -0.4 is 11.3 Å². The normalized spacial score (nSPS) is 21.4. The van der Waals surface area contributed by atoms with Crippen molar-refractivity contribution in [1.82, 2.24) is 9.88 Å². The monoisotopic (exact) mass is 238 g/mol. The molecule has 0 radical (unpaired) electrons. The van der Waals surface area contributed by atoms with E-state index in [1.807, 2.05) is 12.1 Å². The number of nitrogen functional groups attached to an aromatic ring is 1. The van der Waals surface area contributed by atoms with E-state index in [1.165, 1.54) is 0 Å². The topological polar surface area (TPSA) is 83.6 Å². The van der Waals surface area contributed by atoms with Crippen molar-refractivity contribution in [2.45, 2.75) is 12.6 Å². The molecule has 4 N–H and O–H groups in total. The van der Waals surface area contributed by atoms with E-state index < -0.39 is 0 Å². The molecule has 0 amide bonds. The van der Waals surface area contributed by atoms with Crippen molar-refractivity contribution in [2.75, 3.05) is 31.7 Å². The summed E-state index contributed by atoms with van der Waals surface area (Å²) in [5, 5.41) is 9.06. The Morgan fingerprint density at radius 1 is 1.65 bits per heavy atom. The van der Waals surface area contributed by atoms with Crippen LogP contribution in [0.15, 0.2) is 18.3 Å². The third-order valence-corrected chi connectivity index (χ3v) is 2.80. The van der Waals surface area contributed by atoms with E-state index >= 15 is 0 Å². The number of ether oxygens (including phenoxy) is 1. The van der Waals surface area contributed by atoms with Crippen molar-refractivity contribution in [1.29, 1.82) is 0 Å². The second-order valence-corrected chi connectivity index (χ2v) is 4.09. The molecule has 1 aromatic rings. The molecule has 6 nitrogen and oxygen atoms in total. The third-order valence-electron chi connectivity index (χ3n) is 2.80. The van der Waals surface area contributed by atoms with Gasteiger partial charge in [-0.3, -0.25) is 15.7 Å². The molecule has 0 spiro atoms. The molecule has 6 heteroatoms. The first-order chi connectivity index (χ1) is 8.31. The number of hydrogen-bond donors (Lipinski definition) is 3. The van der Waals surface area contributed by atoms with Crippen molar-refractivity contribution < 1.29 is 9.84 Å². The van der Waals surface area contributed by atoms with Gasteiger partial charge in [-0.05, 0) is 12.1 Å². The fraction of sp³-hybridized carbons (Fsp3) is 0.545. The Labute approximate surface area is 100 Å². The van der Waals surface area contributed by atoms with Crippen LogP contribution >= 0.6 is 0 Å². The van der Waals surface area contributed by atoms with Crippen LogP contribution in [-0.2, 0) is 11.3 Å². The van der Waals surface area contributed by atoms with E-state index in [2.05, 4.69) is 15.3 Å². The number of anilines is 1. The van der Waals surface area contributed by atoms with Crippen molar-refractivity contribution in [3.8, 4) is 0 Å². The number of nitrogens with zero attached hydrogens (tertiary/aromatic N) is 2. The van der Waals surface area contributed by atoms with Gasteiger partial charge in [0.15, 0.2) is 0 Å². The summed E-state index contributed by atoms with van der Waals surface area (Å²) in [6, 6.07) is 3.74. The highest BCUT2D eigenvalue weighted by Gasteiger charge is 2.19. The van der Waals surface area contributed by atoms with Gasteiger partial charge >= 0.3 is 0 Å². The second kappa shape index (κ2) is 5.92. The second-order valence-electron chi connectivity index (χ2n) is 4.09. The van der Waals surface area contributed by atoms with Crippen molar-refractivity contribution >= 4 is 5.69 Å². The number of nitrogens with two attached hydrogens (primary N) is 1. The maximum Gasteiger partial charge on any atom is 0.0933 e. The molecule has 1 aromatic heterocycles. The number of morpholine rings is 1. The summed E-state index contributed by atoms with van der Waals surface area (Å²) in [4.78, 5) is 6.51. The van der Waals surface area contributed by atoms with E-state index in [-0.39, 0.29) is 12.7 Å². The zero-order valence-corrected chi connectivity index (χ0v) is 9.67. The molecular formula is C11H18N4O2. The van der Waals surface area contributed by atoms with Crippen LogP contribution in [-0.4, -0.2) is 47.4 Å². The van der Waals surface area contributed by atoms with Gasteiger partial charge in [-0.15, -0.1) is 0 Å². The van der Waals surface area contributed by atoms with Gasteiger partial charge in [0.2, 0.25) is 0 Å². The van der Waals surface area contributed by atoms with Crippen LogP contribution in [0.1, 0.15) is 5.69 Å². The summed E-state index contributed by atoms with van der Waals surface area (Å²) < 4.78 is 5.40. The fourth-order valence-electron chi connectivity index (χ4n) is 1.92. The van der Waals surface area contributed by atoms with Crippen LogP contribution in [0, 0.1) is 0 Å². The quantitative estimate of drug-likeness (QED) is 0.487. The predicted molar refractivity (Wildman–Crippen MR) is 64.1 cm³/mol. The van der Waals surface area contributed by atoms with E-state index in [9.17, 15) is 0 Å². The minimum atomic E-state index is -0.0837. The molecule has 1 saturated heterocycles. The van der Waals surface area contributed by atoms with Crippen LogP contribution in [0.2, 0.25) is 0 Å². The lowest BCUT2D eigenvalue weighted by Gasteiger charge is -2.31. The maximum atomic E-state index is 9.06. The van der Waals surface area contributed by atoms with E-state index in [0.29, 0.717) is 6.61 Å². The molecule has 17 heavy (non-hydrogen) atoms. The molecule has 0 aliphatic carbocycles. The van der Waals surface area contributed by atoms with Crippen molar-refractivity contribution in [3.63, 3.8) is 0 Å². The van der Waals surface area contributed by atoms with Crippen LogP contribution in [0.25, 0.3) is 0 Å². The van der Waals surface area contributed by atoms with E-state index in [1.54, 1.807) is 6.20 Å². The number of hydrogen-bond acceptors (Lipinski definition) is 6. The first-order valence-electron chi connectivity index (χ1n) is 5.68. The molecular weight excluding hydrogens is 220 g/mol. The van der Waals surface area contributed by atoms with Gasteiger partial charge in [-0.1, -0.05) is 0 Å². The Morgan fingerprint density at radius 3 is 3.29 bits per heavy atom. The average Bonchev–Trinajstić information content (AvgIpc) is 2.39. The lowest BCUT2D eigenvalue weighted by Crippen LogP contribution is -2.43. The average molecular weight is 238 g/mol. The van der Waals surface area contributed by atoms with Gasteiger partial charge in [-0.2, -0.15) is 0 Å². The molecule has 94 valence electrons. The lowest BCUT2D eigenvalue weighted by atomic mass is 10.2. The lowest BCUT2D eigenvalue weighted by molar-refractivity contribution is -0.0553. The largest absolute Gasteiger partial charge is 0.394 e. The van der Waals surface area contributed by atoms with Gasteiger partial charge in [0.1, 0.15) is 0 Å². The molecule has 0 saturated carbocycles. The van der Waals surface area contributed by atoms with Crippen LogP contribution in [0.5, 0.6) is 0 Å². The Kier molecular flexibility index (Phi) is 4.27. The molecule has 2 heterocycles. The first-order valence-corrected chi connectivity index (χ1v) is 5.68. The number of aromatic nitrogens is 1. The summed E-state index contributed by atoms with van der Waals surface area (Å²) in [7, 11) is 0. The number of pyridine rings is 1. The molecule has 2 rings (SSSR count). The van der Waals surface area contributed by atoms with Gasteiger partial charge in [0.25, 0.3) is 0 Å². The molecule has 0 aromatic carbocycles. The number of aliphatic hydroxyl groups excluding tert-OH is 1. The Bertz CT molecular complexity index is 361. The molecule has 1 aliphatic heterocycles. The summed E-state index contributed by atoms with van der Waals surface area (Å²) in [5.74, 6) is 5.35. The number of aliphatic hydroxyl groups is 1. The summed E-state index contributed by atoms with van der Waals surface area (Å²) >= 11 is 0. The molecule has 1 fully saturated rings. The molecule has 0 bridgehead atoms.